The van der Waals surface area contributed by atoms with Crippen molar-refractivity contribution < 1.29 is 35.4 Å². The molecule has 198 valence electrons. The van der Waals surface area contributed by atoms with Gasteiger partial charge in [-0.2, -0.15) is 0 Å². The molecule has 2 aromatic carbocycles. The van der Waals surface area contributed by atoms with Crippen molar-refractivity contribution in [2.45, 2.75) is 36.4 Å². The summed E-state index contributed by atoms with van der Waals surface area (Å²) in [5.74, 6) is 0. The van der Waals surface area contributed by atoms with E-state index in [1.807, 2.05) is 0 Å². The second kappa shape index (κ2) is 8.12. The van der Waals surface area contributed by atoms with E-state index in [-0.39, 0.29) is 26.2 Å². The second-order valence-electron chi connectivity index (χ2n) is 9.53. The molecule has 3 aliphatic rings. The Hall–Kier alpha value is -1.75. The quantitative estimate of drug-likeness (QED) is 0.353. The van der Waals surface area contributed by atoms with E-state index in [0.717, 1.165) is 24.3 Å². The Morgan fingerprint density at radius 1 is 0.639 bits per heavy atom. The Balaban J connectivity index is 1.98. The number of hydrogen-bond donors (Lipinski definition) is 0. The van der Waals surface area contributed by atoms with E-state index in [9.17, 15) is 0 Å². The molecule has 0 saturated carbocycles. The Morgan fingerprint density at radius 3 is 1.33 bits per heavy atom. The van der Waals surface area contributed by atoms with Gasteiger partial charge in [0.1, 0.15) is 0 Å². The summed E-state index contributed by atoms with van der Waals surface area (Å²) in [6.07, 6.45) is -9.79. The molecular weight excluding hydrogens is 507 g/mol. The molecule has 3 aliphatic heterocycles. The van der Waals surface area contributed by atoms with Gasteiger partial charge in [-0.3, -0.25) is 0 Å². The van der Waals surface area contributed by atoms with Crippen molar-refractivity contribution in [3.63, 3.8) is 0 Å². The molecule has 2 unspecified atom stereocenters. The minimum absolute atomic E-state index is 0.191. The van der Waals surface area contributed by atoms with Crippen molar-refractivity contribution in [1.29, 1.82) is 0 Å². The fourth-order valence-electron chi connectivity index (χ4n) is 6.08. The Bertz CT molecular complexity index is 1030. The van der Waals surface area contributed by atoms with Crippen molar-refractivity contribution in [1.82, 2.24) is 14.0 Å². The van der Waals surface area contributed by atoms with Crippen LogP contribution in [0.5, 0.6) is 0 Å². The fourth-order valence-corrected chi connectivity index (χ4v) is 11.7. The first-order valence-electron chi connectivity index (χ1n) is 11.7. The predicted molar refractivity (Wildman–Crippen MR) is 124 cm³/mol. The van der Waals surface area contributed by atoms with Crippen LogP contribution in [0, 0.1) is 0 Å². The number of nitrogens with zero attached hydrogens (tertiary/aromatic N) is 3. The third kappa shape index (κ3) is 2.95. The van der Waals surface area contributed by atoms with Crippen molar-refractivity contribution in [2.75, 3.05) is 40.3 Å². The van der Waals surface area contributed by atoms with Crippen LogP contribution in [0.1, 0.15) is 24.0 Å². The molecule has 0 bridgehead atoms. The van der Waals surface area contributed by atoms with Crippen LogP contribution in [0.25, 0.3) is 0 Å². The predicted octanol–water partition coefficient (Wildman–Crippen LogP) is 6.05. The van der Waals surface area contributed by atoms with Gasteiger partial charge in [-0.05, 0) is 0 Å². The molecular formula is C24H28F6N3O2P. The molecule has 2 aromatic rings. The van der Waals surface area contributed by atoms with Gasteiger partial charge in [0.25, 0.3) is 0 Å². The van der Waals surface area contributed by atoms with Crippen LogP contribution in [0.4, 0.5) is 26.3 Å². The summed E-state index contributed by atoms with van der Waals surface area (Å²) < 4.78 is 111. The van der Waals surface area contributed by atoms with Gasteiger partial charge in [0.05, 0.1) is 0 Å². The Morgan fingerprint density at radius 2 is 1.00 bits per heavy atom. The standard InChI is InChI=1S/C24H28F6N3O2P/c1-31-17-18-32(2)36(31,33-15-9-10-16-33)34-21(23(25,26)27,19-11-5-3-6-12-19)22(35-36,24(28,29)30)20-13-7-4-8-14-20/h3-8,11-14H,9-10,15-18H2,1-2H3. The van der Waals surface area contributed by atoms with E-state index >= 15 is 26.3 Å². The Labute approximate surface area is 205 Å². The van der Waals surface area contributed by atoms with Gasteiger partial charge < -0.3 is 0 Å². The van der Waals surface area contributed by atoms with Crippen LogP contribution in [0.15, 0.2) is 60.7 Å². The molecule has 36 heavy (non-hydrogen) atoms. The van der Waals surface area contributed by atoms with E-state index in [2.05, 4.69) is 0 Å². The molecule has 2 atom stereocenters. The van der Waals surface area contributed by atoms with Gasteiger partial charge in [-0.1, -0.05) is 0 Å². The fraction of sp³-hybridized carbons (Fsp3) is 0.500. The molecule has 0 N–H and O–H groups in total. The number of likely N-dealkylation sites (N-methyl/N-ethyl adjacent to an activating group) is 2. The summed E-state index contributed by atoms with van der Waals surface area (Å²) in [4.78, 5) is 0. The summed E-state index contributed by atoms with van der Waals surface area (Å²) in [5.41, 5.74) is -9.08. The zero-order valence-corrected chi connectivity index (χ0v) is 20.8. The number of halogens is 6. The first kappa shape index (κ1) is 25.9. The Kier molecular flexibility index (Phi) is 5.84. The van der Waals surface area contributed by atoms with Gasteiger partial charge >= 0.3 is 205 Å². The van der Waals surface area contributed by atoms with E-state index in [0.29, 0.717) is 12.8 Å². The third-order valence-electron chi connectivity index (χ3n) is 7.73. The van der Waals surface area contributed by atoms with E-state index in [1.165, 1.54) is 59.8 Å². The molecule has 1 spiro atoms. The summed E-state index contributed by atoms with van der Waals surface area (Å²) in [6.45, 7) is 0.905. The van der Waals surface area contributed by atoms with Gasteiger partial charge in [0.15, 0.2) is 0 Å². The van der Waals surface area contributed by atoms with Crippen LogP contribution in [-0.2, 0) is 20.2 Å². The van der Waals surface area contributed by atoms with Crippen molar-refractivity contribution in [3.8, 4) is 0 Å². The molecule has 0 radical (unpaired) electrons. The van der Waals surface area contributed by atoms with Crippen molar-refractivity contribution in [2.24, 2.45) is 0 Å². The molecule has 5 nitrogen and oxygen atoms in total. The molecule has 3 heterocycles. The summed E-state index contributed by atoms with van der Waals surface area (Å²) >= 11 is 0. The number of alkyl halides is 6. The van der Waals surface area contributed by atoms with Gasteiger partial charge in [-0.25, -0.2) is 0 Å². The maximum absolute atomic E-state index is 15.6. The van der Waals surface area contributed by atoms with Crippen molar-refractivity contribution in [3.05, 3.63) is 71.8 Å². The summed E-state index contributed by atoms with van der Waals surface area (Å²) in [6, 6.07) is 12.2. The first-order chi connectivity index (χ1) is 16.9. The van der Waals surface area contributed by atoms with E-state index < -0.39 is 42.2 Å². The van der Waals surface area contributed by atoms with E-state index in [1.54, 1.807) is 4.67 Å². The molecule has 0 amide bonds. The molecule has 5 rings (SSSR count). The van der Waals surface area contributed by atoms with Crippen LogP contribution in [0.3, 0.4) is 0 Å². The zero-order chi connectivity index (χ0) is 26.1. The first-order valence-corrected chi connectivity index (χ1v) is 13.7. The molecule has 12 heteroatoms. The van der Waals surface area contributed by atoms with Gasteiger partial charge in [0.2, 0.25) is 0 Å². The van der Waals surface area contributed by atoms with Gasteiger partial charge in [0, 0.05) is 0 Å². The number of benzene rings is 2. The SMILES string of the molecule is CN1CCN(C)P12(N1CCCC1)OC(c1ccccc1)(C(F)(F)F)C(c1ccccc1)(C(F)(F)F)O2. The number of rotatable bonds is 3. The minimum atomic E-state index is -5.51. The average Bonchev–Trinajstić information content (AvgIpc) is 3.54. The molecule has 0 aliphatic carbocycles. The van der Waals surface area contributed by atoms with Crippen molar-refractivity contribution >= 4 is 7.51 Å². The molecule has 3 fully saturated rings. The topological polar surface area (TPSA) is 28.2 Å². The van der Waals surface area contributed by atoms with Gasteiger partial charge in [-0.15, -0.1) is 0 Å². The molecule has 0 aromatic heterocycles. The normalized spacial score (nSPS) is 32.6. The number of hydrogen-bond acceptors (Lipinski definition) is 5. The summed E-state index contributed by atoms with van der Waals surface area (Å²) in [7, 11) is -2.11. The van der Waals surface area contributed by atoms with Crippen LogP contribution in [-0.4, -0.2) is 66.6 Å². The maximum atomic E-state index is 15.6. The molecule has 3 saturated heterocycles. The summed E-state index contributed by atoms with van der Waals surface area (Å²) in [5, 5.41) is 0. The van der Waals surface area contributed by atoms with Crippen LogP contribution < -0.4 is 0 Å². The monoisotopic (exact) mass is 535 g/mol. The average molecular weight is 535 g/mol. The third-order valence-corrected chi connectivity index (χ3v) is 13.0. The van der Waals surface area contributed by atoms with Crippen LogP contribution >= 0.6 is 7.51 Å². The second-order valence-corrected chi connectivity index (χ2v) is 13.5. The zero-order valence-electron chi connectivity index (χ0n) is 19.9. The van der Waals surface area contributed by atoms with Crippen LogP contribution in [0.2, 0.25) is 0 Å². The van der Waals surface area contributed by atoms with E-state index in [4.69, 9.17) is 9.05 Å².